The van der Waals surface area contributed by atoms with Crippen LogP contribution >= 0.6 is 0 Å². The van der Waals surface area contributed by atoms with Crippen molar-refractivity contribution >= 4 is 39.2 Å². The van der Waals surface area contributed by atoms with Crippen LogP contribution in [0.3, 0.4) is 0 Å². The lowest BCUT2D eigenvalue weighted by Gasteiger charge is -2.15. The second kappa shape index (κ2) is 8.91. The van der Waals surface area contributed by atoms with Gasteiger partial charge in [0.25, 0.3) is 10.1 Å². The molecular formula is C21H18F3N5O4S. The number of benzene rings is 2. The van der Waals surface area contributed by atoms with E-state index in [4.69, 9.17) is 0 Å². The molecule has 0 atom stereocenters. The van der Waals surface area contributed by atoms with E-state index < -0.39 is 27.7 Å². The Balaban J connectivity index is 1.58. The molecule has 0 aliphatic carbocycles. The first-order valence-corrected chi connectivity index (χ1v) is 11.2. The van der Waals surface area contributed by atoms with E-state index in [1.165, 1.54) is 18.2 Å². The molecule has 0 fully saturated rings. The average molecular weight is 493 g/mol. The van der Waals surface area contributed by atoms with Gasteiger partial charge in [0.2, 0.25) is 11.9 Å². The number of nitrogens with zero attached hydrogens (tertiary/aromatic N) is 2. The fraction of sp³-hybridized carbons (Fsp3) is 0.190. The molecule has 1 aliphatic rings. The van der Waals surface area contributed by atoms with Crippen molar-refractivity contribution < 1.29 is 30.6 Å². The zero-order valence-corrected chi connectivity index (χ0v) is 18.4. The summed E-state index contributed by atoms with van der Waals surface area (Å²) in [5, 5.41) is 8.14. The Labute approximate surface area is 192 Å². The van der Waals surface area contributed by atoms with Gasteiger partial charge in [-0.3, -0.25) is 8.98 Å². The fourth-order valence-corrected chi connectivity index (χ4v) is 4.05. The SMILES string of the molecule is COS(=O)(=O)c1cccc(CNc2nc(Nc3ccc4c(c3)CC(=O)N4)ncc2C(F)(F)F)c1. The summed E-state index contributed by atoms with van der Waals surface area (Å²) in [6, 6.07) is 10.6. The van der Waals surface area contributed by atoms with Gasteiger partial charge >= 0.3 is 6.18 Å². The molecule has 0 unspecified atom stereocenters. The summed E-state index contributed by atoms with van der Waals surface area (Å²) in [6.45, 7) is -0.140. The number of hydrogen-bond acceptors (Lipinski definition) is 8. The molecular weight excluding hydrogens is 475 g/mol. The molecule has 3 aromatic rings. The van der Waals surface area contributed by atoms with Gasteiger partial charge in [-0.25, -0.2) is 4.98 Å². The second-order valence-corrected chi connectivity index (χ2v) is 9.01. The minimum atomic E-state index is -4.72. The summed E-state index contributed by atoms with van der Waals surface area (Å²) in [4.78, 5) is 19.1. The number of hydrogen-bond donors (Lipinski definition) is 3. The maximum Gasteiger partial charge on any atom is 0.421 e. The van der Waals surface area contributed by atoms with Crippen molar-refractivity contribution in [1.82, 2.24) is 9.97 Å². The Morgan fingerprint density at radius 1 is 1.18 bits per heavy atom. The van der Waals surface area contributed by atoms with E-state index in [2.05, 4.69) is 30.1 Å². The summed E-state index contributed by atoms with van der Waals surface area (Å²) < 4.78 is 68.7. The Bertz CT molecular complexity index is 1360. The first-order valence-electron chi connectivity index (χ1n) is 9.82. The number of alkyl halides is 3. The lowest BCUT2D eigenvalue weighted by Crippen LogP contribution is -2.14. The number of nitrogens with one attached hydrogen (secondary N) is 3. The monoisotopic (exact) mass is 493 g/mol. The van der Waals surface area contributed by atoms with Crippen LogP contribution in [0.5, 0.6) is 0 Å². The van der Waals surface area contributed by atoms with E-state index in [1.54, 1.807) is 24.3 Å². The maximum absolute atomic E-state index is 13.5. The van der Waals surface area contributed by atoms with Crippen molar-refractivity contribution in [3.8, 4) is 0 Å². The topological polar surface area (TPSA) is 122 Å². The Morgan fingerprint density at radius 2 is 1.97 bits per heavy atom. The van der Waals surface area contributed by atoms with Crippen molar-refractivity contribution in [2.24, 2.45) is 0 Å². The molecule has 3 N–H and O–H groups in total. The van der Waals surface area contributed by atoms with Crippen molar-refractivity contribution in [3.05, 3.63) is 65.4 Å². The van der Waals surface area contributed by atoms with Gasteiger partial charge in [0.15, 0.2) is 0 Å². The highest BCUT2D eigenvalue weighted by Gasteiger charge is 2.35. The van der Waals surface area contributed by atoms with E-state index in [-0.39, 0.29) is 29.7 Å². The molecule has 34 heavy (non-hydrogen) atoms. The third-order valence-electron chi connectivity index (χ3n) is 4.95. The van der Waals surface area contributed by atoms with E-state index in [0.717, 1.165) is 12.7 Å². The summed E-state index contributed by atoms with van der Waals surface area (Å²) in [7, 11) is -2.94. The minimum Gasteiger partial charge on any atom is -0.365 e. The van der Waals surface area contributed by atoms with Crippen molar-refractivity contribution in [2.45, 2.75) is 24.0 Å². The van der Waals surface area contributed by atoms with Gasteiger partial charge in [-0.05, 0) is 41.5 Å². The molecule has 9 nitrogen and oxygen atoms in total. The molecule has 4 rings (SSSR count). The van der Waals surface area contributed by atoms with E-state index in [1.807, 2.05) is 0 Å². The van der Waals surface area contributed by atoms with Gasteiger partial charge in [0.05, 0.1) is 18.4 Å². The summed E-state index contributed by atoms with van der Waals surface area (Å²) in [6.07, 6.45) is -3.87. The summed E-state index contributed by atoms with van der Waals surface area (Å²) >= 11 is 0. The average Bonchev–Trinajstić information content (AvgIpc) is 3.16. The maximum atomic E-state index is 13.5. The van der Waals surface area contributed by atoms with Crippen LogP contribution in [0.1, 0.15) is 16.7 Å². The number of anilines is 4. The third-order valence-corrected chi connectivity index (χ3v) is 6.22. The van der Waals surface area contributed by atoms with Crippen LogP contribution in [-0.4, -0.2) is 31.4 Å². The number of fused-ring (bicyclic) bond motifs is 1. The zero-order valence-electron chi connectivity index (χ0n) is 17.6. The molecule has 0 spiro atoms. The van der Waals surface area contributed by atoms with Gasteiger partial charge in [0.1, 0.15) is 11.4 Å². The van der Waals surface area contributed by atoms with Crippen LogP contribution in [0, 0.1) is 0 Å². The number of halogens is 3. The molecule has 2 aromatic carbocycles. The summed E-state index contributed by atoms with van der Waals surface area (Å²) in [5.74, 6) is -0.724. The third kappa shape index (κ3) is 5.10. The molecule has 1 amide bonds. The highest BCUT2D eigenvalue weighted by Crippen LogP contribution is 2.35. The van der Waals surface area contributed by atoms with Crippen LogP contribution in [0.15, 0.2) is 53.6 Å². The smallest absolute Gasteiger partial charge is 0.365 e. The van der Waals surface area contributed by atoms with Crippen LogP contribution in [0.2, 0.25) is 0 Å². The highest BCUT2D eigenvalue weighted by atomic mass is 32.2. The largest absolute Gasteiger partial charge is 0.421 e. The van der Waals surface area contributed by atoms with Crippen LogP contribution < -0.4 is 16.0 Å². The molecule has 0 radical (unpaired) electrons. The Morgan fingerprint density at radius 3 is 2.71 bits per heavy atom. The molecule has 0 bridgehead atoms. The quantitative estimate of drug-likeness (QED) is 0.426. The van der Waals surface area contributed by atoms with Crippen molar-refractivity contribution in [1.29, 1.82) is 0 Å². The standard InChI is InChI=1S/C21H18F3N5O4S/c1-33-34(31,32)15-4-2-3-12(7-15)10-25-19-16(21(22,23)24)11-26-20(29-19)27-14-5-6-17-13(8-14)9-18(30)28-17/h2-8,11H,9-10H2,1H3,(H,28,30)(H2,25,26,27,29). The summed E-state index contributed by atoms with van der Waals surface area (Å²) in [5.41, 5.74) is 1.23. The van der Waals surface area contributed by atoms with Crippen LogP contribution in [0.4, 0.5) is 36.3 Å². The van der Waals surface area contributed by atoms with Gasteiger partial charge in [-0.1, -0.05) is 12.1 Å². The molecule has 0 saturated carbocycles. The molecule has 178 valence electrons. The van der Waals surface area contributed by atoms with Gasteiger partial charge in [-0.15, -0.1) is 0 Å². The molecule has 1 aromatic heterocycles. The molecule has 13 heteroatoms. The molecule has 0 saturated heterocycles. The Kier molecular flexibility index (Phi) is 6.15. The number of amides is 1. The molecule has 2 heterocycles. The first-order chi connectivity index (χ1) is 16.0. The van der Waals surface area contributed by atoms with Gasteiger partial charge in [0, 0.05) is 24.1 Å². The lowest BCUT2D eigenvalue weighted by atomic mass is 10.1. The zero-order chi connectivity index (χ0) is 24.5. The minimum absolute atomic E-state index is 0.0940. The van der Waals surface area contributed by atoms with E-state index in [9.17, 15) is 26.4 Å². The van der Waals surface area contributed by atoms with Crippen molar-refractivity contribution in [2.75, 3.05) is 23.1 Å². The highest BCUT2D eigenvalue weighted by molar-refractivity contribution is 7.86. The van der Waals surface area contributed by atoms with E-state index >= 15 is 0 Å². The fourth-order valence-electron chi connectivity index (χ4n) is 3.31. The lowest BCUT2D eigenvalue weighted by molar-refractivity contribution is -0.137. The van der Waals surface area contributed by atoms with Crippen LogP contribution in [0.25, 0.3) is 0 Å². The van der Waals surface area contributed by atoms with Gasteiger partial charge < -0.3 is 16.0 Å². The number of rotatable bonds is 7. The predicted octanol–water partition coefficient (Wildman–Crippen LogP) is 3.68. The molecule has 1 aliphatic heterocycles. The van der Waals surface area contributed by atoms with Gasteiger partial charge in [-0.2, -0.15) is 26.6 Å². The number of aromatic nitrogens is 2. The van der Waals surface area contributed by atoms with Crippen molar-refractivity contribution in [3.63, 3.8) is 0 Å². The first kappa shape index (κ1) is 23.4. The number of carbonyl (C=O) groups excluding carboxylic acids is 1. The Hall–Kier alpha value is -3.71. The normalized spacial score (nSPS) is 13.4. The van der Waals surface area contributed by atoms with Crippen LogP contribution in [-0.2, 0) is 38.2 Å². The van der Waals surface area contributed by atoms with E-state index in [0.29, 0.717) is 23.1 Å². The second-order valence-electron chi connectivity index (χ2n) is 7.30. The number of carbonyl (C=O) groups is 1. The predicted molar refractivity (Wildman–Crippen MR) is 117 cm³/mol.